The van der Waals surface area contributed by atoms with E-state index in [0.717, 1.165) is 25.5 Å². The average Bonchev–Trinajstić information content (AvgIpc) is 3.54. The van der Waals surface area contributed by atoms with Crippen molar-refractivity contribution in [1.82, 2.24) is 19.9 Å². The molecule has 0 spiro atoms. The smallest absolute Gasteiger partial charge is 0.232 e. The second-order valence-corrected chi connectivity index (χ2v) is 9.16. The summed E-state index contributed by atoms with van der Waals surface area (Å²) in [6.07, 6.45) is 10.2. The van der Waals surface area contributed by atoms with Crippen molar-refractivity contribution in [2.24, 2.45) is 11.8 Å². The van der Waals surface area contributed by atoms with Gasteiger partial charge in [0.05, 0.1) is 17.5 Å². The van der Waals surface area contributed by atoms with E-state index >= 15 is 4.39 Å². The maximum atomic E-state index is 15.6. The van der Waals surface area contributed by atoms with Crippen molar-refractivity contribution in [2.45, 2.75) is 56.9 Å². The molecule has 158 valence electrons. The number of nitrogens with zero attached hydrogens (tertiary/aromatic N) is 4. The van der Waals surface area contributed by atoms with Crippen LogP contribution in [0, 0.1) is 34.9 Å². The molecule has 0 saturated heterocycles. The van der Waals surface area contributed by atoms with Crippen LogP contribution in [0.2, 0.25) is 0 Å². The number of nitriles is 1. The zero-order valence-corrected chi connectivity index (χ0v) is 17.0. The van der Waals surface area contributed by atoms with Gasteiger partial charge in [-0.05, 0) is 49.9 Å². The molecule has 1 unspecified atom stereocenters. The number of anilines is 1. The van der Waals surface area contributed by atoms with E-state index < -0.39 is 11.8 Å². The molecule has 1 atom stereocenters. The molecule has 0 aliphatic heterocycles. The first-order valence-corrected chi connectivity index (χ1v) is 11.0. The van der Waals surface area contributed by atoms with E-state index in [1.807, 2.05) is 0 Å². The quantitative estimate of drug-likeness (QED) is 0.617. The normalized spacial score (nSPS) is 25.0. The maximum absolute atomic E-state index is 15.6. The van der Waals surface area contributed by atoms with Gasteiger partial charge in [-0.1, -0.05) is 12.8 Å². The molecular weight excluding hydrogens is 398 g/mol. The van der Waals surface area contributed by atoms with Gasteiger partial charge in [-0.2, -0.15) is 9.65 Å². The third-order valence-electron chi connectivity index (χ3n) is 7.25. The van der Waals surface area contributed by atoms with Crippen LogP contribution in [0.5, 0.6) is 0 Å². The fraction of sp³-hybridized carbons (Fsp3) is 0.478. The van der Waals surface area contributed by atoms with E-state index in [1.54, 1.807) is 6.20 Å². The number of hydrogen-bond donors (Lipinski definition) is 2. The molecule has 6 nitrogen and oxygen atoms in total. The van der Waals surface area contributed by atoms with Crippen molar-refractivity contribution in [3.8, 4) is 17.3 Å². The third kappa shape index (κ3) is 3.06. The standard InChI is InChI=1S/C23H22F2N6/c24-17-10-28-23-21(30-17)15(9-27-23)20-14(8-26)18(13-5-6-13)19(25)22(31-20)29-16-7-11-1-3-12(16)4-2-11/h9-13,16H,1-7H2,(H,27,28)(H,29,31). The van der Waals surface area contributed by atoms with Crippen molar-refractivity contribution in [1.29, 1.82) is 5.26 Å². The topological polar surface area (TPSA) is 90.3 Å². The number of fused-ring (bicyclic) bond motifs is 4. The molecule has 2 bridgehead atoms. The van der Waals surface area contributed by atoms with Gasteiger partial charge in [0.2, 0.25) is 5.95 Å². The van der Waals surface area contributed by atoms with Crippen molar-refractivity contribution in [2.75, 3.05) is 5.32 Å². The van der Waals surface area contributed by atoms with Gasteiger partial charge >= 0.3 is 0 Å². The van der Waals surface area contributed by atoms with Gasteiger partial charge in [0.15, 0.2) is 17.3 Å². The number of halogens is 2. The molecule has 4 aliphatic rings. The van der Waals surface area contributed by atoms with Crippen LogP contribution in [0.15, 0.2) is 12.4 Å². The summed E-state index contributed by atoms with van der Waals surface area (Å²) in [7, 11) is 0. The summed E-state index contributed by atoms with van der Waals surface area (Å²) in [5, 5.41) is 13.3. The molecule has 4 saturated carbocycles. The molecule has 0 radical (unpaired) electrons. The van der Waals surface area contributed by atoms with Gasteiger partial charge < -0.3 is 10.3 Å². The number of pyridine rings is 1. The summed E-state index contributed by atoms with van der Waals surface area (Å²) >= 11 is 0. The number of nitrogens with one attached hydrogen (secondary N) is 2. The molecule has 31 heavy (non-hydrogen) atoms. The third-order valence-corrected chi connectivity index (χ3v) is 7.25. The van der Waals surface area contributed by atoms with Crippen LogP contribution in [0.1, 0.15) is 62.0 Å². The van der Waals surface area contributed by atoms with Crippen LogP contribution in [0.25, 0.3) is 22.4 Å². The Balaban J connectivity index is 1.50. The highest BCUT2D eigenvalue weighted by atomic mass is 19.1. The molecule has 0 aromatic carbocycles. The van der Waals surface area contributed by atoms with E-state index in [0.29, 0.717) is 39.8 Å². The highest BCUT2D eigenvalue weighted by Crippen LogP contribution is 2.47. The Bertz CT molecular complexity index is 1220. The zero-order chi connectivity index (χ0) is 21.1. The van der Waals surface area contributed by atoms with Crippen molar-refractivity contribution < 1.29 is 8.78 Å². The van der Waals surface area contributed by atoms with E-state index in [-0.39, 0.29) is 23.3 Å². The number of aromatic nitrogens is 4. The molecule has 3 aromatic heterocycles. The Morgan fingerprint density at radius 1 is 1.10 bits per heavy atom. The summed E-state index contributed by atoms with van der Waals surface area (Å²) in [5.41, 5.74) is 2.13. The Kier molecular flexibility index (Phi) is 4.20. The van der Waals surface area contributed by atoms with Crippen LogP contribution in [-0.4, -0.2) is 26.0 Å². The van der Waals surface area contributed by atoms with Crippen molar-refractivity contribution >= 4 is 17.0 Å². The maximum Gasteiger partial charge on any atom is 0.232 e. The SMILES string of the molecule is N#Cc1c(-c2c[nH]c3ncc(F)nc23)nc(NC2CC3CCC2CC3)c(F)c1C1CC1. The Hall–Kier alpha value is -3.08. The van der Waals surface area contributed by atoms with E-state index in [9.17, 15) is 9.65 Å². The molecule has 0 amide bonds. The summed E-state index contributed by atoms with van der Waals surface area (Å²) in [4.78, 5) is 15.5. The second kappa shape index (κ2) is 6.98. The largest absolute Gasteiger partial charge is 0.365 e. The highest BCUT2D eigenvalue weighted by molar-refractivity contribution is 5.91. The van der Waals surface area contributed by atoms with E-state index in [1.165, 1.54) is 25.7 Å². The fourth-order valence-electron chi connectivity index (χ4n) is 5.52. The average molecular weight is 420 g/mol. The summed E-state index contributed by atoms with van der Waals surface area (Å²) in [6, 6.07) is 2.36. The van der Waals surface area contributed by atoms with Gasteiger partial charge in [0.1, 0.15) is 11.6 Å². The lowest BCUT2D eigenvalue weighted by atomic mass is 9.68. The first kappa shape index (κ1) is 18.7. The fourth-order valence-corrected chi connectivity index (χ4v) is 5.52. The molecule has 3 heterocycles. The first-order chi connectivity index (χ1) is 15.1. The van der Waals surface area contributed by atoms with Gasteiger partial charge in [0, 0.05) is 23.4 Å². The van der Waals surface area contributed by atoms with E-state index in [4.69, 9.17) is 0 Å². The number of hydrogen-bond acceptors (Lipinski definition) is 5. The molecule has 2 N–H and O–H groups in total. The molecule has 8 heteroatoms. The van der Waals surface area contributed by atoms with Gasteiger partial charge in [-0.25, -0.2) is 19.3 Å². The van der Waals surface area contributed by atoms with Gasteiger partial charge in [-0.15, -0.1) is 0 Å². The minimum absolute atomic E-state index is 0.0211. The first-order valence-electron chi connectivity index (χ1n) is 11.0. The summed E-state index contributed by atoms with van der Waals surface area (Å²) in [5.74, 6) is 0.315. The second-order valence-electron chi connectivity index (χ2n) is 9.16. The minimum Gasteiger partial charge on any atom is -0.365 e. The number of rotatable bonds is 4. The zero-order valence-electron chi connectivity index (χ0n) is 17.0. The van der Waals surface area contributed by atoms with Crippen LogP contribution in [0.3, 0.4) is 0 Å². The Morgan fingerprint density at radius 3 is 2.58 bits per heavy atom. The molecular formula is C23H22F2N6. The predicted molar refractivity (Wildman–Crippen MR) is 111 cm³/mol. The number of H-pyrrole nitrogens is 1. The van der Waals surface area contributed by atoms with Crippen molar-refractivity contribution in [3.63, 3.8) is 0 Å². The number of aromatic amines is 1. The Morgan fingerprint density at radius 2 is 1.90 bits per heavy atom. The Labute approximate surface area is 178 Å². The highest BCUT2D eigenvalue weighted by Gasteiger charge is 2.38. The molecule has 4 aliphatic carbocycles. The lowest BCUT2D eigenvalue weighted by Crippen LogP contribution is -2.40. The lowest BCUT2D eigenvalue weighted by molar-refractivity contribution is 0.157. The lowest BCUT2D eigenvalue weighted by Gasteiger charge is -2.43. The molecule has 4 fully saturated rings. The van der Waals surface area contributed by atoms with Crippen LogP contribution in [0.4, 0.5) is 14.6 Å². The summed E-state index contributed by atoms with van der Waals surface area (Å²) in [6.45, 7) is 0. The van der Waals surface area contributed by atoms with Gasteiger partial charge in [-0.3, -0.25) is 0 Å². The monoisotopic (exact) mass is 420 g/mol. The molecule has 7 rings (SSSR count). The minimum atomic E-state index is -0.715. The van der Waals surface area contributed by atoms with Crippen LogP contribution < -0.4 is 5.32 Å². The van der Waals surface area contributed by atoms with Gasteiger partial charge in [0.25, 0.3) is 0 Å². The molecule has 3 aromatic rings. The van der Waals surface area contributed by atoms with Crippen LogP contribution >= 0.6 is 0 Å². The summed E-state index contributed by atoms with van der Waals surface area (Å²) < 4.78 is 29.4. The van der Waals surface area contributed by atoms with Crippen molar-refractivity contribution in [3.05, 3.63) is 35.3 Å². The predicted octanol–water partition coefficient (Wildman–Crippen LogP) is 5.04. The van der Waals surface area contributed by atoms with Crippen LogP contribution in [-0.2, 0) is 0 Å². The van der Waals surface area contributed by atoms with E-state index in [2.05, 4.69) is 31.3 Å².